The molecule has 1 aromatic carbocycles. The number of halogens is 1. The van der Waals surface area contributed by atoms with E-state index in [-0.39, 0.29) is 18.8 Å². The number of imide groups is 1. The van der Waals surface area contributed by atoms with E-state index in [4.69, 9.17) is 5.11 Å². The summed E-state index contributed by atoms with van der Waals surface area (Å²) in [7, 11) is 0. The van der Waals surface area contributed by atoms with Gasteiger partial charge < -0.3 is 10.4 Å². The number of benzene rings is 1. The first-order valence-corrected chi connectivity index (χ1v) is 6.82. The van der Waals surface area contributed by atoms with E-state index in [0.29, 0.717) is 0 Å². The first-order valence-electron chi connectivity index (χ1n) is 5.74. The SMILES string of the molecule is Cc1cc(NC2=CC(=O)N(CCO)C2=O)ccc1I. The van der Waals surface area contributed by atoms with Crippen molar-refractivity contribution in [1.82, 2.24) is 4.90 Å². The van der Waals surface area contributed by atoms with Gasteiger partial charge in [-0.25, -0.2) is 0 Å². The van der Waals surface area contributed by atoms with E-state index in [1.54, 1.807) is 0 Å². The first-order chi connectivity index (χ1) is 9.02. The van der Waals surface area contributed by atoms with Crippen LogP contribution in [0.1, 0.15) is 5.56 Å². The number of aliphatic hydroxyl groups is 1. The zero-order chi connectivity index (χ0) is 14.0. The van der Waals surface area contributed by atoms with Crippen molar-refractivity contribution in [3.63, 3.8) is 0 Å². The highest BCUT2D eigenvalue weighted by Gasteiger charge is 2.30. The molecule has 0 aromatic heterocycles. The summed E-state index contributed by atoms with van der Waals surface area (Å²) in [5.74, 6) is -0.806. The summed E-state index contributed by atoms with van der Waals surface area (Å²) in [4.78, 5) is 24.5. The number of carbonyl (C=O) groups excluding carboxylic acids is 2. The van der Waals surface area contributed by atoms with Crippen LogP contribution in [0, 0.1) is 10.5 Å². The Morgan fingerprint density at radius 3 is 2.74 bits per heavy atom. The molecule has 100 valence electrons. The Morgan fingerprint density at radius 2 is 2.11 bits per heavy atom. The van der Waals surface area contributed by atoms with Gasteiger partial charge in [-0.1, -0.05) is 0 Å². The Morgan fingerprint density at radius 1 is 1.37 bits per heavy atom. The summed E-state index contributed by atoms with van der Waals surface area (Å²) in [6.45, 7) is 1.76. The van der Waals surface area contributed by atoms with Gasteiger partial charge in [0.2, 0.25) is 0 Å². The van der Waals surface area contributed by atoms with Crippen molar-refractivity contribution < 1.29 is 14.7 Å². The van der Waals surface area contributed by atoms with E-state index in [2.05, 4.69) is 27.9 Å². The number of aryl methyl sites for hydroxylation is 1. The normalized spacial score (nSPS) is 14.9. The van der Waals surface area contributed by atoms with Gasteiger partial charge in [0.05, 0.1) is 13.2 Å². The van der Waals surface area contributed by atoms with Gasteiger partial charge >= 0.3 is 0 Å². The largest absolute Gasteiger partial charge is 0.395 e. The molecule has 2 amide bonds. The number of β-amino-alcohol motifs (C(OH)–C–C–N with tert-alkyl or cyclic N) is 1. The van der Waals surface area contributed by atoms with Crippen LogP contribution in [0.4, 0.5) is 5.69 Å². The van der Waals surface area contributed by atoms with Gasteiger partial charge in [0, 0.05) is 15.3 Å². The standard InChI is InChI=1S/C13H13IN2O3/c1-8-6-9(2-3-10(8)14)15-11-7-12(18)16(4-5-17)13(11)19/h2-3,6-7,15,17H,4-5H2,1H3. The molecule has 1 aromatic rings. The zero-order valence-corrected chi connectivity index (χ0v) is 12.5. The monoisotopic (exact) mass is 372 g/mol. The molecule has 1 heterocycles. The van der Waals surface area contributed by atoms with Crippen molar-refractivity contribution >= 4 is 40.1 Å². The van der Waals surface area contributed by atoms with Gasteiger partial charge in [-0.2, -0.15) is 0 Å². The van der Waals surface area contributed by atoms with Crippen LogP contribution >= 0.6 is 22.6 Å². The molecule has 1 aliphatic heterocycles. The number of anilines is 1. The number of hydrogen-bond acceptors (Lipinski definition) is 4. The first kappa shape index (κ1) is 14.0. The summed E-state index contributed by atoms with van der Waals surface area (Å²) in [5, 5.41) is 11.8. The molecule has 1 aliphatic rings. The summed E-state index contributed by atoms with van der Waals surface area (Å²) >= 11 is 2.23. The minimum atomic E-state index is -0.407. The molecular weight excluding hydrogens is 359 g/mol. The molecule has 0 aliphatic carbocycles. The molecule has 6 heteroatoms. The predicted octanol–water partition coefficient (Wildman–Crippen LogP) is 1.26. The van der Waals surface area contributed by atoms with Gasteiger partial charge in [0.1, 0.15) is 5.70 Å². The Balaban J connectivity index is 2.16. The third kappa shape index (κ3) is 2.95. The quantitative estimate of drug-likeness (QED) is 0.617. The highest BCUT2D eigenvalue weighted by atomic mass is 127. The van der Waals surface area contributed by atoms with Gasteiger partial charge in [-0.05, 0) is 53.3 Å². The molecular formula is C13H13IN2O3. The van der Waals surface area contributed by atoms with Crippen molar-refractivity contribution in [2.75, 3.05) is 18.5 Å². The Hall–Kier alpha value is -1.41. The lowest BCUT2D eigenvalue weighted by Crippen LogP contribution is -2.34. The van der Waals surface area contributed by atoms with Crippen LogP contribution < -0.4 is 5.32 Å². The van der Waals surface area contributed by atoms with Crippen LogP contribution in [0.2, 0.25) is 0 Å². The topological polar surface area (TPSA) is 69.6 Å². The van der Waals surface area contributed by atoms with E-state index < -0.39 is 11.8 Å². The fraction of sp³-hybridized carbons (Fsp3) is 0.231. The third-order valence-corrected chi connectivity index (χ3v) is 3.98. The van der Waals surface area contributed by atoms with Crippen molar-refractivity contribution in [2.24, 2.45) is 0 Å². The third-order valence-electron chi connectivity index (χ3n) is 2.77. The fourth-order valence-corrected chi connectivity index (χ4v) is 2.12. The Labute approximate surface area is 124 Å². The lowest BCUT2D eigenvalue weighted by Gasteiger charge is -2.13. The number of nitrogens with zero attached hydrogens (tertiary/aromatic N) is 1. The molecule has 0 atom stereocenters. The second kappa shape index (κ2) is 5.70. The highest BCUT2D eigenvalue weighted by Crippen LogP contribution is 2.20. The van der Waals surface area contributed by atoms with E-state index in [1.165, 1.54) is 6.08 Å². The second-order valence-corrected chi connectivity index (χ2v) is 5.33. The molecule has 0 radical (unpaired) electrons. The summed E-state index contributed by atoms with van der Waals surface area (Å²) < 4.78 is 1.13. The predicted molar refractivity (Wildman–Crippen MR) is 79.4 cm³/mol. The van der Waals surface area contributed by atoms with Gasteiger partial charge in [-0.15, -0.1) is 0 Å². The molecule has 0 bridgehead atoms. The Bertz CT molecular complexity index is 569. The van der Waals surface area contributed by atoms with E-state index in [9.17, 15) is 9.59 Å². The van der Waals surface area contributed by atoms with Crippen molar-refractivity contribution in [1.29, 1.82) is 0 Å². The molecule has 0 saturated carbocycles. The maximum absolute atomic E-state index is 11.9. The molecule has 0 unspecified atom stereocenters. The summed E-state index contributed by atoms with van der Waals surface area (Å²) in [6.07, 6.45) is 1.26. The molecule has 2 N–H and O–H groups in total. The lowest BCUT2D eigenvalue weighted by atomic mass is 10.2. The van der Waals surface area contributed by atoms with Crippen molar-refractivity contribution in [3.8, 4) is 0 Å². The van der Waals surface area contributed by atoms with E-state index in [0.717, 1.165) is 19.7 Å². The van der Waals surface area contributed by atoms with Crippen molar-refractivity contribution in [3.05, 3.63) is 39.1 Å². The van der Waals surface area contributed by atoms with Crippen LogP contribution in [0.25, 0.3) is 0 Å². The summed E-state index contributed by atoms with van der Waals surface area (Å²) in [5.41, 5.74) is 2.09. The molecule has 19 heavy (non-hydrogen) atoms. The Kier molecular flexibility index (Phi) is 4.20. The van der Waals surface area contributed by atoms with E-state index >= 15 is 0 Å². The van der Waals surface area contributed by atoms with Gasteiger partial charge in [-0.3, -0.25) is 14.5 Å². The average Bonchev–Trinajstić information content (AvgIpc) is 2.62. The minimum Gasteiger partial charge on any atom is -0.395 e. The second-order valence-electron chi connectivity index (χ2n) is 4.17. The lowest BCUT2D eigenvalue weighted by molar-refractivity contribution is -0.137. The van der Waals surface area contributed by atoms with Crippen LogP contribution in [0.15, 0.2) is 30.0 Å². The van der Waals surface area contributed by atoms with Crippen molar-refractivity contribution in [2.45, 2.75) is 6.92 Å². The number of aliphatic hydroxyl groups excluding tert-OH is 1. The van der Waals surface area contributed by atoms with Gasteiger partial charge in [0.15, 0.2) is 0 Å². The van der Waals surface area contributed by atoms with E-state index in [1.807, 2.05) is 25.1 Å². The van der Waals surface area contributed by atoms with Crippen LogP contribution in [-0.4, -0.2) is 35.0 Å². The average molecular weight is 372 g/mol. The smallest absolute Gasteiger partial charge is 0.277 e. The van der Waals surface area contributed by atoms with Crippen LogP contribution in [0.3, 0.4) is 0 Å². The minimum absolute atomic E-state index is 0.0189. The molecule has 0 saturated heterocycles. The zero-order valence-electron chi connectivity index (χ0n) is 10.3. The number of amides is 2. The highest BCUT2D eigenvalue weighted by molar-refractivity contribution is 14.1. The maximum atomic E-state index is 11.9. The summed E-state index contributed by atoms with van der Waals surface area (Å²) in [6, 6.07) is 5.70. The number of hydrogen-bond donors (Lipinski definition) is 2. The van der Waals surface area contributed by atoms with Gasteiger partial charge in [0.25, 0.3) is 11.8 Å². The molecule has 0 spiro atoms. The molecule has 2 rings (SSSR count). The number of rotatable bonds is 4. The maximum Gasteiger partial charge on any atom is 0.277 e. The molecule has 0 fully saturated rings. The van der Waals surface area contributed by atoms with Crippen LogP contribution in [-0.2, 0) is 9.59 Å². The fourth-order valence-electron chi connectivity index (χ4n) is 1.79. The number of nitrogens with one attached hydrogen (secondary N) is 1. The molecule has 5 nitrogen and oxygen atoms in total. The van der Waals surface area contributed by atoms with Crippen LogP contribution in [0.5, 0.6) is 0 Å². The number of carbonyl (C=O) groups is 2.